The second kappa shape index (κ2) is 17.4. The number of hydrogen-bond donors (Lipinski definition) is 4. The van der Waals surface area contributed by atoms with Gasteiger partial charge in [0.25, 0.3) is 0 Å². The predicted molar refractivity (Wildman–Crippen MR) is 107 cm³/mol. The molecule has 32 heavy (non-hydrogen) atoms. The predicted octanol–water partition coefficient (Wildman–Crippen LogP) is 0.0822. The fraction of sp³-hybridized carbons (Fsp3) is 0.600. The molecule has 0 unspecified atom stereocenters. The molecular formula is C20H30O12. The third-order valence-corrected chi connectivity index (χ3v) is 4.12. The number of ether oxygens (including phenoxy) is 6. The maximum Gasteiger partial charge on any atom is 0.336 e. The van der Waals surface area contributed by atoms with Crippen molar-refractivity contribution in [3.8, 4) is 0 Å². The van der Waals surface area contributed by atoms with E-state index in [4.69, 9.17) is 29.2 Å². The van der Waals surface area contributed by atoms with Crippen LogP contribution in [0.2, 0.25) is 0 Å². The summed E-state index contributed by atoms with van der Waals surface area (Å²) >= 11 is 0. The summed E-state index contributed by atoms with van der Waals surface area (Å²) in [6, 6.07) is 2.85. The lowest BCUT2D eigenvalue weighted by Crippen LogP contribution is -2.17. The molecule has 0 aliphatic heterocycles. The van der Waals surface area contributed by atoms with E-state index < -0.39 is 25.5 Å². The Morgan fingerprint density at radius 3 is 1.69 bits per heavy atom. The largest absolute Gasteiger partial charge is 0.478 e. The van der Waals surface area contributed by atoms with Crippen molar-refractivity contribution in [3.05, 3.63) is 34.4 Å². The standard InChI is InChI=1S/C20H30O12/c21-11-31-13-29-9-7-27-5-3-15-1-2-17(19(23)24)16(18(15)20(25)26)4-6-28-8-10-30-14-32-12-22/h1-2,21-22H,3-14H2,(H,23,24)(H,25,26). The molecule has 1 aromatic rings. The SMILES string of the molecule is O=C(O)c1ccc(CCOCCOCOCO)c(C(=O)O)c1CCOCCOCOCO. The molecule has 0 spiro atoms. The number of aliphatic hydroxyl groups is 2. The van der Waals surface area contributed by atoms with E-state index in [1.165, 1.54) is 12.1 Å². The number of carboxylic acids is 2. The van der Waals surface area contributed by atoms with Crippen LogP contribution in [-0.2, 0) is 41.3 Å². The van der Waals surface area contributed by atoms with Crippen LogP contribution < -0.4 is 0 Å². The Labute approximate surface area is 185 Å². The van der Waals surface area contributed by atoms with Crippen molar-refractivity contribution in [1.29, 1.82) is 0 Å². The summed E-state index contributed by atoms with van der Waals surface area (Å²) in [5.74, 6) is -2.45. The second-order valence-corrected chi connectivity index (χ2v) is 6.18. The molecule has 0 aliphatic carbocycles. The number of carboxylic acid groups (broad SMARTS) is 2. The van der Waals surface area contributed by atoms with Crippen molar-refractivity contribution in [2.75, 3.05) is 66.8 Å². The number of benzene rings is 1. The molecule has 182 valence electrons. The van der Waals surface area contributed by atoms with Crippen molar-refractivity contribution in [2.24, 2.45) is 0 Å². The number of rotatable bonds is 20. The minimum absolute atomic E-state index is 0.0618. The van der Waals surface area contributed by atoms with Crippen LogP contribution in [-0.4, -0.2) is 99.2 Å². The molecule has 0 radical (unpaired) electrons. The highest BCUT2D eigenvalue weighted by Crippen LogP contribution is 2.22. The molecule has 0 fully saturated rings. The molecule has 0 amide bonds. The molecule has 0 saturated heterocycles. The average molecular weight is 462 g/mol. The minimum Gasteiger partial charge on any atom is -0.478 e. The van der Waals surface area contributed by atoms with Gasteiger partial charge in [-0.3, -0.25) is 0 Å². The van der Waals surface area contributed by atoms with Crippen LogP contribution in [0.5, 0.6) is 0 Å². The Hall–Kier alpha value is -2.16. The van der Waals surface area contributed by atoms with Gasteiger partial charge in [-0.25, -0.2) is 9.59 Å². The lowest BCUT2D eigenvalue weighted by Gasteiger charge is -2.15. The first-order valence-corrected chi connectivity index (χ1v) is 9.82. The normalized spacial score (nSPS) is 11.1. The van der Waals surface area contributed by atoms with Crippen LogP contribution in [0.4, 0.5) is 0 Å². The van der Waals surface area contributed by atoms with Crippen LogP contribution in [0, 0.1) is 0 Å². The third-order valence-electron chi connectivity index (χ3n) is 4.12. The highest BCUT2D eigenvalue weighted by molar-refractivity contribution is 5.97. The fourth-order valence-electron chi connectivity index (χ4n) is 2.74. The molecule has 0 heterocycles. The van der Waals surface area contributed by atoms with Crippen LogP contribution in [0.25, 0.3) is 0 Å². The minimum atomic E-state index is -1.23. The molecule has 0 atom stereocenters. The molecule has 1 rings (SSSR count). The van der Waals surface area contributed by atoms with Gasteiger partial charge in [0.1, 0.15) is 27.2 Å². The topological polar surface area (TPSA) is 170 Å². The number of aromatic carboxylic acids is 2. The van der Waals surface area contributed by atoms with E-state index in [1.54, 1.807) is 0 Å². The van der Waals surface area contributed by atoms with Crippen molar-refractivity contribution in [1.82, 2.24) is 0 Å². The monoisotopic (exact) mass is 462 g/mol. The van der Waals surface area contributed by atoms with E-state index in [2.05, 4.69) is 9.47 Å². The highest BCUT2D eigenvalue weighted by Gasteiger charge is 2.22. The van der Waals surface area contributed by atoms with Crippen molar-refractivity contribution in [2.45, 2.75) is 12.8 Å². The van der Waals surface area contributed by atoms with Crippen molar-refractivity contribution in [3.63, 3.8) is 0 Å². The number of aliphatic hydroxyl groups excluding tert-OH is 2. The lowest BCUT2D eigenvalue weighted by atomic mass is 9.92. The quantitative estimate of drug-likeness (QED) is 0.152. The van der Waals surface area contributed by atoms with Gasteiger partial charge in [0.2, 0.25) is 0 Å². The second-order valence-electron chi connectivity index (χ2n) is 6.18. The molecule has 4 N–H and O–H groups in total. The van der Waals surface area contributed by atoms with Gasteiger partial charge in [0.15, 0.2) is 0 Å². The molecule has 0 aliphatic rings. The van der Waals surface area contributed by atoms with Crippen molar-refractivity contribution >= 4 is 11.9 Å². The number of hydrogen-bond acceptors (Lipinski definition) is 10. The van der Waals surface area contributed by atoms with Gasteiger partial charge in [0.05, 0.1) is 50.8 Å². The van der Waals surface area contributed by atoms with Crippen LogP contribution in [0.1, 0.15) is 31.8 Å². The van der Waals surface area contributed by atoms with Crippen LogP contribution in [0.15, 0.2) is 12.1 Å². The average Bonchev–Trinajstić information content (AvgIpc) is 2.76. The zero-order chi connectivity index (χ0) is 23.6. The molecular weight excluding hydrogens is 432 g/mol. The summed E-state index contributed by atoms with van der Waals surface area (Å²) in [5.41, 5.74) is 0.459. The Balaban J connectivity index is 2.65. The van der Waals surface area contributed by atoms with Gasteiger partial charge in [-0.15, -0.1) is 0 Å². The van der Waals surface area contributed by atoms with Crippen molar-refractivity contribution < 1.29 is 58.4 Å². The summed E-state index contributed by atoms with van der Waals surface area (Å²) in [6.45, 7) is 0.143. The summed E-state index contributed by atoms with van der Waals surface area (Å²) < 4.78 is 30.0. The number of carbonyl (C=O) groups is 2. The molecule has 1 aromatic carbocycles. The molecule has 0 aromatic heterocycles. The maximum absolute atomic E-state index is 11.9. The lowest BCUT2D eigenvalue weighted by molar-refractivity contribution is -0.115. The van der Waals surface area contributed by atoms with Crippen LogP contribution >= 0.6 is 0 Å². The summed E-state index contributed by atoms with van der Waals surface area (Å²) in [6.07, 6.45) is 0.352. The summed E-state index contributed by atoms with van der Waals surface area (Å²) in [4.78, 5) is 23.5. The van der Waals surface area contributed by atoms with E-state index in [9.17, 15) is 19.8 Å². The first-order valence-electron chi connectivity index (χ1n) is 9.82. The van der Waals surface area contributed by atoms with Gasteiger partial charge in [0, 0.05) is 0 Å². The maximum atomic E-state index is 11.9. The van der Waals surface area contributed by atoms with Crippen LogP contribution in [0.3, 0.4) is 0 Å². The third kappa shape index (κ3) is 10.9. The molecule has 0 saturated carbocycles. The van der Waals surface area contributed by atoms with Gasteiger partial charge in [-0.05, 0) is 30.0 Å². The van der Waals surface area contributed by atoms with Gasteiger partial charge >= 0.3 is 11.9 Å². The van der Waals surface area contributed by atoms with E-state index >= 15 is 0 Å². The zero-order valence-electron chi connectivity index (χ0n) is 17.7. The Kier molecular flexibility index (Phi) is 15.2. The Bertz CT molecular complexity index is 679. The zero-order valence-corrected chi connectivity index (χ0v) is 17.7. The first kappa shape index (κ1) is 27.9. The Morgan fingerprint density at radius 1 is 0.656 bits per heavy atom. The smallest absolute Gasteiger partial charge is 0.336 e. The fourth-order valence-corrected chi connectivity index (χ4v) is 2.74. The van der Waals surface area contributed by atoms with E-state index in [0.29, 0.717) is 5.56 Å². The van der Waals surface area contributed by atoms with E-state index in [-0.39, 0.29) is 82.8 Å². The van der Waals surface area contributed by atoms with E-state index in [1.807, 2.05) is 0 Å². The van der Waals surface area contributed by atoms with Gasteiger partial charge < -0.3 is 48.8 Å². The highest BCUT2D eigenvalue weighted by atomic mass is 16.7. The first-order chi connectivity index (χ1) is 15.5. The Morgan fingerprint density at radius 2 is 1.19 bits per heavy atom. The van der Waals surface area contributed by atoms with Gasteiger partial charge in [-0.1, -0.05) is 6.07 Å². The molecule has 12 heteroatoms. The summed E-state index contributed by atoms with van der Waals surface area (Å²) in [5, 5.41) is 36.1. The molecule has 12 nitrogen and oxygen atoms in total. The summed E-state index contributed by atoms with van der Waals surface area (Å²) in [7, 11) is 0. The van der Waals surface area contributed by atoms with E-state index in [0.717, 1.165) is 0 Å². The molecule has 0 bridgehead atoms. The van der Waals surface area contributed by atoms with Gasteiger partial charge in [-0.2, -0.15) is 0 Å².